The number of hydrogen-bond donors (Lipinski definition) is 1. The lowest BCUT2D eigenvalue weighted by Crippen LogP contribution is -2.30. The number of rotatable bonds is 9. The Hall–Kier alpha value is -1.09. The summed E-state index contributed by atoms with van der Waals surface area (Å²) in [6, 6.07) is 5.01. The second-order valence-corrected chi connectivity index (χ2v) is 7.12. The van der Waals surface area contributed by atoms with Gasteiger partial charge in [0.25, 0.3) is 0 Å². The minimum atomic E-state index is 0.686. The molecule has 0 bridgehead atoms. The molecule has 0 atom stereocenters. The maximum absolute atomic E-state index is 4.70. The Balaban J connectivity index is 2.04. The van der Waals surface area contributed by atoms with E-state index < -0.39 is 0 Å². The van der Waals surface area contributed by atoms with Gasteiger partial charge in [0.1, 0.15) is 5.82 Å². The third-order valence-corrected chi connectivity index (χ3v) is 3.94. The molecular formula is C18H31N3. The lowest BCUT2D eigenvalue weighted by molar-refractivity contribution is 0.547. The van der Waals surface area contributed by atoms with Crippen molar-refractivity contribution in [1.82, 2.24) is 10.3 Å². The van der Waals surface area contributed by atoms with Crippen LogP contribution < -0.4 is 10.2 Å². The van der Waals surface area contributed by atoms with Gasteiger partial charge in [0.2, 0.25) is 0 Å². The van der Waals surface area contributed by atoms with E-state index in [1.807, 2.05) is 6.20 Å². The number of anilines is 1. The normalized spacial score (nSPS) is 15.0. The fourth-order valence-corrected chi connectivity index (χ4v) is 2.57. The van der Waals surface area contributed by atoms with Crippen LogP contribution in [0.2, 0.25) is 0 Å². The quantitative estimate of drug-likeness (QED) is 0.748. The van der Waals surface area contributed by atoms with Crippen molar-refractivity contribution in [2.75, 3.05) is 18.0 Å². The van der Waals surface area contributed by atoms with Gasteiger partial charge in [0.05, 0.1) is 0 Å². The van der Waals surface area contributed by atoms with Crippen molar-refractivity contribution in [2.45, 2.75) is 59.5 Å². The van der Waals surface area contributed by atoms with E-state index in [2.05, 4.69) is 50.0 Å². The highest BCUT2D eigenvalue weighted by Crippen LogP contribution is 2.32. The molecule has 0 aliphatic heterocycles. The fourth-order valence-electron chi connectivity index (χ4n) is 2.57. The van der Waals surface area contributed by atoms with Crippen molar-refractivity contribution in [3.05, 3.63) is 23.9 Å². The lowest BCUT2D eigenvalue weighted by Gasteiger charge is -2.27. The molecule has 1 aliphatic carbocycles. The fraction of sp³-hybridized carbons (Fsp3) is 0.722. The number of nitrogens with one attached hydrogen (secondary N) is 1. The van der Waals surface area contributed by atoms with Crippen LogP contribution in [-0.2, 0) is 6.54 Å². The number of aromatic nitrogens is 1. The van der Waals surface area contributed by atoms with Gasteiger partial charge >= 0.3 is 0 Å². The van der Waals surface area contributed by atoms with Crippen molar-refractivity contribution in [1.29, 1.82) is 0 Å². The Morgan fingerprint density at radius 2 is 2.00 bits per heavy atom. The molecule has 1 fully saturated rings. The lowest BCUT2D eigenvalue weighted by atomic mass is 10.1. The monoisotopic (exact) mass is 289 g/mol. The largest absolute Gasteiger partial charge is 0.353 e. The van der Waals surface area contributed by atoms with Gasteiger partial charge in [0.15, 0.2) is 0 Å². The van der Waals surface area contributed by atoms with Crippen LogP contribution in [0.4, 0.5) is 5.82 Å². The molecule has 118 valence electrons. The van der Waals surface area contributed by atoms with Gasteiger partial charge in [-0.15, -0.1) is 0 Å². The summed E-state index contributed by atoms with van der Waals surface area (Å²) in [7, 11) is 0. The van der Waals surface area contributed by atoms with Gasteiger partial charge in [-0.25, -0.2) is 4.98 Å². The van der Waals surface area contributed by atoms with Gasteiger partial charge in [-0.05, 0) is 43.7 Å². The smallest absolute Gasteiger partial charge is 0.133 e. The molecule has 3 heteroatoms. The van der Waals surface area contributed by atoms with Crippen LogP contribution >= 0.6 is 0 Å². The second-order valence-electron chi connectivity index (χ2n) is 7.12. The molecule has 0 saturated heterocycles. The maximum Gasteiger partial charge on any atom is 0.133 e. The summed E-state index contributed by atoms with van der Waals surface area (Å²) in [6.45, 7) is 12.2. The maximum atomic E-state index is 4.70. The van der Waals surface area contributed by atoms with Gasteiger partial charge < -0.3 is 10.2 Å². The SMILES string of the molecule is CC(C)CCN(c1ncccc1CNCC(C)C)C1CC1. The summed E-state index contributed by atoms with van der Waals surface area (Å²) in [4.78, 5) is 7.25. The van der Waals surface area contributed by atoms with Gasteiger partial charge in [-0.1, -0.05) is 33.8 Å². The van der Waals surface area contributed by atoms with E-state index in [0.29, 0.717) is 5.92 Å². The highest BCUT2D eigenvalue weighted by Gasteiger charge is 2.30. The molecule has 0 radical (unpaired) electrons. The summed E-state index contributed by atoms with van der Waals surface area (Å²) in [5.74, 6) is 2.64. The topological polar surface area (TPSA) is 28.2 Å². The van der Waals surface area contributed by atoms with Crippen molar-refractivity contribution in [3.8, 4) is 0 Å². The van der Waals surface area contributed by atoms with E-state index in [1.165, 1.54) is 30.6 Å². The summed E-state index contributed by atoms with van der Waals surface area (Å²) in [6.07, 6.45) is 5.83. The van der Waals surface area contributed by atoms with E-state index in [9.17, 15) is 0 Å². The molecule has 0 spiro atoms. The predicted molar refractivity (Wildman–Crippen MR) is 90.6 cm³/mol. The van der Waals surface area contributed by atoms with Gasteiger partial charge in [-0.2, -0.15) is 0 Å². The first-order chi connectivity index (χ1) is 10.1. The molecule has 3 nitrogen and oxygen atoms in total. The summed E-state index contributed by atoms with van der Waals surface area (Å²) < 4.78 is 0. The van der Waals surface area contributed by atoms with Crippen LogP contribution in [0.15, 0.2) is 18.3 Å². The predicted octanol–water partition coefficient (Wildman–Crippen LogP) is 3.84. The molecule has 0 unspecified atom stereocenters. The molecule has 1 saturated carbocycles. The average molecular weight is 289 g/mol. The Kier molecular flexibility index (Phi) is 6.04. The minimum absolute atomic E-state index is 0.686. The van der Waals surface area contributed by atoms with Crippen LogP contribution in [0, 0.1) is 11.8 Å². The van der Waals surface area contributed by atoms with Crippen molar-refractivity contribution >= 4 is 5.82 Å². The van der Waals surface area contributed by atoms with Crippen LogP contribution in [-0.4, -0.2) is 24.1 Å². The van der Waals surface area contributed by atoms with E-state index in [4.69, 9.17) is 4.98 Å². The molecule has 0 amide bonds. The first-order valence-corrected chi connectivity index (χ1v) is 8.49. The van der Waals surface area contributed by atoms with Gasteiger partial charge in [-0.3, -0.25) is 0 Å². The Labute approximate surface area is 130 Å². The zero-order chi connectivity index (χ0) is 15.2. The van der Waals surface area contributed by atoms with Crippen LogP contribution in [0.5, 0.6) is 0 Å². The number of hydrogen-bond acceptors (Lipinski definition) is 3. The van der Waals surface area contributed by atoms with Crippen LogP contribution in [0.1, 0.15) is 52.5 Å². The zero-order valence-electron chi connectivity index (χ0n) is 14.1. The first kappa shape index (κ1) is 16.3. The standard InChI is InChI=1S/C18H31N3/c1-14(2)9-11-21(17-7-8-17)18-16(6-5-10-20-18)13-19-12-15(3)4/h5-6,10,14-15,17,19H,7-9,11-13H2,1-4H3. The second kappa shape index (κ2) is 7.79. The first-order valence-electron chi connectivity index (χ1n) is 8.49. The third-order valence-electron chi connectivity index (χ3n) is 3.94. The summed E-state index contributed by atoms with van der Waals surface area (Å²) in [5.41, 5.74) is 1.34. The van der Waals surface area contributed by atoms with Crippen LogP contribution in [0.3, 0.4) is 0 Å². The molecule has 1 aromatic rings. The van der Waals surface area contributed by atoms with Crippen molar-refractivity contribution < 1.29 is 0 Å². The van der Waals surface area contributed by atoms with E-state index >= 15 is 0 Å². The molecule has 1 aromatic heterocycles. The van der Waals surface area contributed by atoms with E-state index in [1.54, 1.807) is 0 Å². The molecule has 21 heavy (non-hydrogen) atoms. The highest BCUT2D eigenvalue weighted by atomic mass is 15.2. The number of pyridine rings is 1. The molecule has 1 aliphatic rings. The Morgan fingerprint density at radius 1 is 1.24 bits per heavy atom. The zero-order valence-corrected chi connectivity index (χ0v) is 14.1. The summed E-state index contributed by atoms with van der Waals surface area (Å²) >= 11 is 0. The van der Waals surface area contributed by atoms with Crippen LogP contribution in [0.25, 0.3) is 0 Å². The molecule has 1 N–H and O–H groups in total. The number of nitrogens with zero attached hydrogens (tertiary/aromatic N) is 2. The van der Waals surface area contributed by atoms with E-state index in [-0.39, 0.29) is 0 Å². The molecule has 2 rings (SSSR count). The highest BCUT2D eigenvalue weighted by molar-refractivity contribution is 5.48. The minimum Gasteiger partial charge on any atom is -0.353 e. The molecular weight excluding hydrogens is 258 g/mol. The van der Waals surface area contributed by atoms with Gasteiger partial charge in [0, 0.05) is 30.9 Å². The Bertz CT molecular complexity index is 424. The molecule has 0 aromatic carbocycles. The van der Waals surface area contributed by atoms with Crippen molar-refractivity contribution in [3.63, 3.8) is 0 Å². The summed E-state index contributed by atoms with van der Waals surface area (Å²) in [5, 5.41) is 3.55. The Morgan fingerprint density at radius 3 is 2.62 bits per heavy atom. The average Bonchev–Trinajstić information content (AvgIpc) is 3.24. The third kappa shape index (κ3) is 5.31. The van der Waals surface area contributed by atoms with Crippen molar-refractivity contribution in [2.24, 2.45) is 11.8 Å². The molecule has 1 heterocycles. The van der Waals surface area contributed by atoms with E-state index in [0.717, 1.165) is 31.6 Å².